The third kappa shape index (κ3) is 4.26. The predicted molar refractivity (Wildman–Crippen MR) is 90.7 cm³/mol. The van der Waals surface area contributed by atoms with Gasteiger partial charge in [0.2, 0.25) is 0 Å². The van der Waals surface area contributed by atoms with Gasteiger partial charge in [0, 0.05) is 11.6 Å². The van der Waals surface area contributed by atoms with Gasteiger partial charge in [-0.3, -0.25) is 4.79 Å². The van der Waals surface area contributed by atoms with Crippen LogP contribution < -0.4 is 5.43 Å². The van der Waals surface area contributed by atoms with Crippen LogP contribution in [0.2, 0.25) is 0 Å². The molecule has 0 aliphatic carbocycles. The van der Waals surface area contributed by atoms with Crippen molar-refractivity contribution < 1.29 is 9.53 Å². The SMILES string of the molecule is CO[C@H](C(=O)N/N=C(/C)c1ccc(Br)cc1)c1ccccc1. The molecule has 0 aliphatic rings. The van der Waals surface area contributed by atoms with Crippen LogP contribution in [0.1, 0.15) is 24.2 Å². The lowest BCUT2D eigenvalue weighted by molar-refractivity contribution is -0.131. The smallest absolute Gasteiger partial charge is 0.273 e. The van der Waals surface area contributed by atoms with Gasteiger partial charge in [-0.05, 0) is 30.2 Å². The Kier molecular flexibility index (Phi) is 5.86. The Bertz CT molecular complexity index is 654. The molecule has 0 aromatic heterocycles. The fourth-order valence-electron chi connectivity index (χ4n) is 1.98. The number of carbonyl (C=O) groups excluding carboxylic acids is 1. The molecule has 5 heteroatoms. The first-order chi connectivity index (χ1) is 10.6. The normalized spacial score (nSPS) is 12.8. The lowest BCUT2D eigenvalue weighted by Crippen LogP contribution is -2.27. The van der Waals surface area contributed by atoms with Crippen LogP contribution >= 0.6 is 15.9 Å². The number of hydrogen-bond donors (Lipinski definition) is 1. The Balaban J connectivity index is 2.07. The quantitative estimate of drug-likeness (QED) is 0.653. The van der Waals surface area contributed by atoms with Crippen molar-refractivity contribution in [1.29, 1.82) is 0 Å². The maximum atomic E-state index is 12.2. The summed E-state index contributed by atoms with van der Waals surface area (Å²) in [5, 5.41) is 4.14. The van der Waals surface area contributed by atoms with Crippen molar-refractivity contribution >= 4 is 27.5 Å². The van der Waals surface area contributed by atoms with E-state index in [1.54, 1.807) is 0 Å². The number of nitrogens with one attached hydrogen (secondary N) is 1. The summed E-state index contributed by atoms with van der Waals surface area (Å²) in [7, 11) is 1.50. The summed E-state index contributed by atoms with van der Waals surface area (Å²) in [5.41, 5.74) is 5.02. The van der Waals surface area contributed by atoms with Gasteiger partial charge in [-0.1, -0.05) is 58.4 Å². The first kappa shape index (κ1) is 16.4. The molecule has 114 valence electrons. The van der Waals surface area contributed by atoms with Crippen LogP contribution in [0.25, 0.3) is 0 Å². The number of methoxy groups -OCH3 is 1. The van der Waals surface area contributed by atoms with E-state index >= 15 is 0 Å². The van der Waals surface area contributed by atoms with E-state index in [0.29, 0.717) is 0 Å². The molecule has 1 atom stereocenters. The Morgan fingerprint density at radius 3 is 2.36 bits per heavy atom. The predicted octanol–water partition coefficient (Wildman–Crippen LogP) is 3.68. The average Bonchev–Trinajstić information content (AvgIpc) is 2.55. The lowest BCUT2D eigenvalue weighted by atomic mass is 10.1. The minimum Gasteiger partial charge on any atom is -0.367 e. The number of hydrogen-bond acceptors (Lipinski definition) is 3. The molecule has 2 aromatic carbocycles. The Hall–Kier alpha value is -1.98. The van der Waals surface area contributed by atoms with Gasteiger partial charge < -0.3 is 4.74 Å². The molecular weight excluding hydrogens is 344 g/mol. The van der Waals surface area contributed by atoms with E-state index in [1.807, 2.05) is 61.5 Å². The number of benzene rings is 2. The maximum absolute atomic E-state index is 12.2. The second-order valence-corrected chi connectivity index (χ2v) is 5.62. The molecule has 0 spiro atoms. The van der Waals surface area contributed by atoms with Crippen LogP contribution in [-0.4, -0.2) is 18.7 Å². The molecule has 22 heavy (non-hydrogen) atoms. The maximum Gasteiger partial charge on any atom is 0.273 e. The highest BCUT2D eigenvalue weighted by atomic mass is 79.9. The van der Waals surface area contributed by atoms with Crippen molar-refractivity contribution in [1.82, 2.24) is 5.43 Å². The molecule has 0 bridgehead atoms. The highest BCUT2D eigenvalue weighted by Gasteiger charge is 2.19. The van der Waals surface area contributed by atoms with Gasteiger partial charge in [-0.15, -0.1) is 0 Å². The van der Waals surface area contributed by atoms with Crippen LogP contribution in [0.3, 0.4) is 0 Å². The zero-order valence-electron chi connectivity index (χ0n) is 12.4. The van der Waals surface area contributed by atoms with Crippen LogP contribution in [0.5, 0.6) is 0 Å². The molecule has 1 N–H and O–H groups in total. The van der Waals surface area contributed by atoms with E-state index in [2.05, 4.69) is 26.5 Å². The minimum atomic E-state index is -0.678. The number of hydrazone groups is 1. The zero-order valence-corrected chi connectivity index (χ0v) is 14.0. The summed E-state index contributed by atoms with van der Waals surface area (Å²) in [6, 6.07) is 17.0. The van der Waals surface area contributed by atoms with Crippen LogP contribution in [0.15, 0.2) is 64.2 Å². The molecule has 0 fully saturated rings. The van der Waals surface area contributed by atoms with Gasteiger partial charge in [0.15, 0.2) is 6.10 Å². The first-order valence-electron chi connectivity index (χ1n) is 6.79. The van der Waals surface area contributed by atoms with Gasteiger partial charge in [0.25, 0.3) is 5.91 Å². The van der Waals surface area contributed by atoms with Gasteiger partial charge >= 0.3 is 0 Å². The van der Waals surface area contributed by atoms with Gasteiger partial charge in [-0.25, -0.2) is 5.43 Å². The van der Waals surface area contributed by atoms with E-state index in [1.165, 1.54) is 7.11 Å². The van der Waals surface area contributed by atoms with Crippen molar-refractivity contribution in [2.75, 3.05) is 7.11 Å². The van der Waals surface area contributed by atoms with E-state index in [9.17, 15) is 4.79 Å². The molecular formula is C17H17BrN2O2. The summed E-state index contributed by atoms with van der Waals surface area (Å²) < 4.78 is 6.26. The molecule has 0 aliphatic heterocycles. The first-order valence-corrected chi connectivity index (χ1v) is 7.59. The van der Waals surface area contributed by atoms with E-state index < -0.39 is 6.10 Å². The minimum absolute atomic E-state index is 0.301. The Morgan fingerprint density at radius 1 is 1.14 bits per heavy atom. The summed E-state index contributed by atoms with van der Waals surface area (Å²) in [5.74, 6) is -0.301. The molecule has 0 saturated heterocycles. The molecule has 0 radical (unpaired) electrons. The van der Waals surface area contributed by atoms with Gasteiger partial charge in [-0.2, -0.15) is 5.10 Å². The van der Waals surface area contributed by atoms with Crippen LogP contribution in [0.4, 0.5) is 0 Å². The number of ether oxygens (including phenoxy) is 1. The average molecular weight is 361 g/mol. The lowest BCUT2D eigenvalue weighted by Gasteiger charge is -2.14. The fourth-order valence-corrected chi connectivity index (χ4v) is 2.24. The third-order valence-corrected chi connectivity index (χ3v) is 3.70. The molecule has 0 saturated carbocycles. The highest BCUT2D eigenvalue weighted by molar-refractivity contribution is 9.10. The van der Waals surface area contributed by atoms with Crippen molar-refractivity contribution in [3.63, 3.8) is 0 Å². The zero-order chi connectivity index (χ0) is 15.9. The van der Waals surface area contributed by atoms with Gasteiger partial charge in [0.1, 0.15) is 0 Å². The van der Waals surface area contributed by atoms with E-state index in [-0.39, 0.29) is 5.91 Å². The van der Waals surface area contributed by atoms with Crippen molar-refractivity contribution in [2.45, 2.75) is 13.0 Å². The molecule has 2 aromatic rings. The molecule has 0 unspecified atom stereocenters. The molecule has 0 heterocycles. The van der Waals surface area contributed by atoms with E-state index in [4.69, 9.17) is 4.74 Å². The molecule has 4 nitrogen and oxygen atoms in total. The summed E-state index contributed by atoms with van der Waals surface area (Å²) in [6.07, 6.45) is -0.678. The summed E-state index contributed by atoms with van der Waals surface area (Å²) >= 11 is 3.38. The second kappa shape index (κ2) is 7.87. The number of nitrogens with zero attached hydrogens (tertiary/aromatic N) is 1. The van der Waals surface area contributed by atoms with Crippen molar-refractivity contribution in [2.24, 2.45) is 5.10 Å². The number of carbonyl (C=O) groups is 1. The summed E-state index contributed by atoms with van der Waals surface area (Å²) in [4.78, 5) is 12.2. The van der Waals surface area contributed by atoms with Crippen LogP contribution in [0, 0.1) is 0 Å². The second-order valence-electron chi connectivity index (χ2n) is 4.71. The van der Waals surface area contributed by atoms with Crippen LogP contribution in [-0.2, 0) is 9.53 Å². The standard InChI is InChI=1S/C17H17BrN2O2/c1-12(13-8-10-15(18)11-9-13)19-20-17(21)16(22-2)14-6-4-3-5-7-14/h3-11,16H,1-2H3,(H,20,21)/b19-12-/t16-/m0/s1. The summed E-state index contributed by atoms with van der Waals surface area (Å²) in [6.45, 7) is 1.84. The largest absolute Gasteiger partial charge is 0.367 e. The number of amides is 1. The van der Waals surface area contributed by atoms with Gasteiger partial charge in [0.05, 0.1) is 5.71 Å². The number of rotatable bonds is 5. The third-order valence-electron chi connectivity index (χ3n) is 3.17. The monoisotopic (exact) mass is 360 g/mol. The fraction of sp³-hybridized carbons (Fsp3) is 0.176. The molecule has 1 amide bonds. The Morgan fingerprint density at radius 2 is 1.77 bits per heavy atom. The highest BCUT2D eigenvalue weighted by Crippen LogP contribution is 2.16. The Labute approximate surface area is 138 Å². The number of halogens is 1. The van der Waals surface area contributed by atoms with Crippen molar-refractivity contribution in [3.05, 3.63) is 70.2 Å². The molecule has 2 rings (SSSR count). The van der Waals surface area contributed by atoms with E-state index in [0.717, 1.165) is 21.3 Å². The topological polar surface area (TPSA) is 50.7 Å². The van der Waals surface area contributed by atoms with Crippen molar-refractivity contribution in [3.8, 4) is 0 Å².